The van der Waals surface area contributed by atoms with Crippen LogP contribution in [0.4, 0.5) is 17.2 Å². The molecule has 0 aliphatic heterocycles. The van der Waals surface area contributed by atoms with Crippen LogP contribution in [-0.2, 0) is 4.74 Å². The Kier molecular flexibility index (Phi) is 4.38. The molecule has 0 radical (unpaired) electrons. The number of methoxy groups -OCH3 is 1. The lowest BCUT2D eigenvalue weighted by Gasteiger charge is -2.09. The Balaban J connectivity index is 1.82. The van der Waals surface area contributed by atoms with Crippen molar-refractivity contribution in [2.24, 2.45) is 0 Å². The number of rotatable bonds is 4. The van der Waals surface area contributed by atoms with Crippen LogP contribution in [0.15, 0.2) is 60.9 Å². The second-order valence-corrected chi connectivity index (χ2v) is 5.07. The molecule has 3 rings (SSSR count). The SMILES string of the molecule is COC(=O)c1ccc(Nc2cc(-c3ccccc3N)ncn2)cc1. The average molecular weight is 320 g/mol. The van der Waals surface area contributed by atoms with E-state index < -0.39 is 0 Å². The third-order valence-electron chi connectivity index (χ3n) is 3.48. The molecule has 0 bridgehead atoms. The number of hydrogen-bond donors (Lipinski definition) is 2. The van der Waals surface area contributed by atoms with E-state index in [0.717, 1.165) is 16.9 Å². The van der Waals surface area contributed by atoms with Gasteiger partial charge in [-0.05, 0) is 30.3 Å². The second-order valence-electron chi connectivity index (χ2n) is 5.07. The maximum absolute atomic E-state index is 11.4. The summed E-state index contributed by atoms with van der Waals surface area (Å²) < 4.78 is 4.68. The zero-order chi connectivity index (χ0) is 16.9. The summed E-state index contributed by atoms with van der Waals surface area (Å²) in [6.45, 7) is 0. The lowest BCUT2D eigenvalue weighted by Crippen LogP contribution is -2.01. The summed E-state index contributed by atoms with van der Waals surface area (Å²) in [5, 5.41) is 3.17. The molecule has 6 heteroatoms. The number of nitrogen functional groups attached to an aromatic ring is 1. The number of hydrogen-bond acceptors (Lipinski definition) is 6. The van der Waals surface area contributed by atoms with Crippen molar-refractivity contribution < 1.29 is 9.53 Å². The number of ether oxygens (including phenoxy) is 1. The van der Waals surface area contributed by atoms with Crippen LogP contribution >= 0.6 is 0 Å². The highest BCUT2D eigenvalue weighted by atomic mass is 16.5. The van der Waals surface area contributed by atoms with Crippen LogP contribution in [0.5, 0.6) is 0 Å². The Morgan fingerprint density at radius 3 is 2.54 bits per heavy atom. The summed E-state index contributed by atoms with van der Waals surface area (Å²) in [5.41, 5.74) is 9.52. The molecule has 0 amide bonds. The van der Waals surface area contributed by atoms with Gasteiger partial charge in [-0.15, -0.1) is 0 Å². The van der Waals surface area contributed by atoms with Crippen molar-refractivity contribution in [3.05, 3.63) is 66.5 Å². The normalized spacial score (nSPS) is 10.2. The van der Waals surface area contributed by atoms with Gasteiger partial charge >= 0.3 is 5.97 Å². The first-order valence-corrected chi connectivity index (χ1v) is 7.29. The quantitative estimate of drug-likeness (QED) is 0.566. The van der Waals surface area contributed by atoms with Crippen molar-refractivity contribution in [3.63, 3.8) is 0 Å². The minimum absolute atomic E-state index is 0.370. The minimum Gasteiger partial charge on any atom is -0.465 e. The molecule has 3 aromatic rings. The van der Waals surface area contributed by atoms with E-state index in [2.05, 4.69) is 20.0 Å². The standard InChI is InChI=1S/C18H16N4O2/c1-24-18(23)12-6-8-13(9-7-12)22-17-10-16(20-11-21-17)14-4-2-3-5-15(14)19/h2-11H,19H2,1H3,(H,20,21,22). The third kappa shape index (κ3) is 3.33. The van der Waals surface area contributed by atoms with Crippen molar-refractivity contribution in [1.29, 1.82) is 0 Å². The summed E-state index contributed by atoms with van der Waals surface area (Å²) >= 11 is 0. The number of carbonyl (C=O) groups is 1. The van der Waals surface area contributed by atoms with Gasteiger partial charge in [0.1, 0.15) is 12.1 Å². The van der Waals surface area contributed by atoms with E-state index in [1.165, 1.54) is 13.4 Å². The molecule has 0 saturated carbocycles. The first-order valence-electron chi connectivity index (χ1n) is 7.29. The molecule has 0 unspecified atom stereocenters. The molecular formula is C18H16N4O2. The van der Waals surface area contributed by atoms with E-state index >= 15 is 0 Å². The van der Waals surface area contributed by atoms with Gasteiger partial charge in [-0.25, -0.2) is 14.8 Å². The van der Waals surface area contributed by atoms with Crippen LogP contribution in [-0.4, -0.2) is 23.0 Å². The van der Waals surface area contributed by atoms with Gasteiger partial charge in [0.15, 0.2) is 0 Å². The first-order chi connectivity index (χ1) is 11.7. The highest BCUT2D eigenvalue weighted by Gasteiger charge is 2.07. The van der Waals surface area contributed by atoms with E-state index in [0.29, 0.717) is 17.1 Å². The van der Waals surface area contributed by atoms with Gasteiger partial charge in [-0.1, -0.05) is 18.2 Å². The number of carbonyl (C=O) groups excluding carboxylic acids is 1. The molecule has 0 aliphatic rings. The van der Waals surface area contributed by atoms with E-state index in [4.69, 9.17) is 5.73 Å². The summed E-state index contributed by atoms with van der Waals surface area (Å²) in [6, 6.07) is 16.3. The van der Waals surface area contributed by atoms with Crippen molar-refractivity contribution in [1.82, 2.24) is 9.97 Å². The van der Waals surface area contributed by atoms with Gasteiger partial charge in [0.2, 0.25) is 0 Å². The smallest absolute Gasteiger partial charge is 0.337 e. The number of esters is 1. The highest BCUT2D eigenvalue weighted by Crippen LogP contribution is 2.25. The summed E-state index contributed by atoms with van der Waals surface area (Å²) in [5.74, 6) is 0.263. The number of nitrogens with one attached hydrogen (secondary N) is 1. The van der Waals surface area contributed by atoms with E-state index in [9.17, 15) is 4.79 Å². The zero-order valence-corrected chi connectivity index (χ0v) is 13.1. The van der Waals surface area contributed by atoms with Crippen molar-refractivity contribution >= 4 is 23.2 Å². The molecule has 0 aliphatic carbocycles. The van der Waals surface area contributed by atoms with Gasteiger partial charge in [0, 0.05) is 23.0 Å². The predicted octanol–water partition coefficient (Wildman–Crippen LogP) is 3.26. The summed E-state index contributed by atoms with van der Waals surface area (Å²) in [6.07, 6.45) is 1.48. The molecule has 0 spiro atoms. The van der Waals surface area contributed by atoms with Gasteiger partial charge in [0.25, 0.3) is 0 Å². The van der Waals surface area contributed by atoms with Crippen molar-refractivity contribution in [2.45, 2.75) is 0 Å². The number of anilines is 3. The molecular weight excluding hydrogens is 304 g/mol. The Morgan fingerprint density at radius 1 is 1.08 bits per heavy atom. The number of nitrogens with zero attached hydrogens (tertiary/aromatic N) is 2. The zero-order valence-electron chi connectivity index (χ0n) is 13.1. The maximum Gasteiger partial charge on any atom is 0.337 e. The number of benzene rings is 2. The highest BCUT2D eigenvalue weighted by molar-refractivity contribution is 5.89. The van der Waals surface area contributed by atoms with Gasteiger partial charge in [-0.3, -0.25) is 0 Å². The lowest BCUT2D eigenvalue weighted by molar-refractivity contribution is 0.0601. The van der Waals surface area contributed by atoms with Crippen LogP contribution in [0.25, 0.3) is 11.3 Å². The molecule has 1 heterocycles. The number of aromatic nitrogens is 2. The van der Waals surface area contributed by atoms with Crippen LogP contribution in [0.3, 0.4) is 0 Å². The predicted molar refractivity (Wildman–Crippen MR) is 92.9 cm³/mol. The molecule has 2 aromatic carbocycles. The molecule has 24 heavy (non-hydrogen) atoms. The Hall–Kier alpha value is -3.41. The van der Waals surface area contributed by atoms with Gasteiger partial charge in [-0.2, -0.15) is 0 Å². The fraction of sp³-hybridized carbons (Fsp3) is 0.0556. The summed E-state index contributed by atoms with van der Waals surface area (Å²) in [4.78, 5) is 19.9. The Labute approximate surface area is 139 Å². The Morgan fingerprint density at radius 2 is 1.83 bits per heavy atom. The monoisotopic (exact) mass is 320 g/mol. The molecule has 0 saturated heterocycles. The average Bonchev–Trinajstić information content (AvgIpc) is 2.62. The fourth-order valence-corrected chi connectivity index (χ4v) is 2.26. The van der Waals surface area contributed by atoms with Crippen LogP contribution in [0.2, 0.25) is 0 Å². The Bertz CT molecular complexity index is 863. The molecule has 120 valence electrons. The molecule has 0 fully saturated rings. The van der Waals surface area contributed by atoms with Crippen LogP contribution < -0.4 is 11.1 Å². The summed E-state index contributed by atoms with van der Waals surface area (Å²) in [7, 11) is 1.35. The third-order valence-corrected chi connectivity index (χ3v) is 3.48. The van der Waals surface area contributed by atoms with Gasteiger partial charge in [0.05, 0.1) is 18.4 Å². The number of nitrogens with two attached hydrogens (primary N) is 1. The molecule has 6 nitrogen and oxygen atoms in total. The second kappa shape index (κ2) is 6.78. The van der Waals surface area contributed by atoms with E-state index in [1.54, 1.807) is 24.3 Å². The van der Waals surface area contributed by atoms with E-state index in [-0.39, 0.29) is 5.97 Å². The van der Waals surface area contributed by atoms with Gasteiger partial charge < -0.3 is 15.8 Å². The number of para-hydroxylation sites is 1. The van der Waals surface area contributed by atoms with E-state index in [1.807, 2.05) is 30.3 Å². The minimum atomic E-state index is -0.370. The first kappa shape index (κ1) is 15.5. The fourth-order valence-electron chi connectivity index (χ4n) is 2.26. The van der Waals surface area contributed by atoms with Crippen molar-refractivity contribution in [2.75, 3.05) is 18.2 Å². The van der Waals surface area contributed by atoms with Crippen molar-refractivity contribution in [3.8, 4) is 11.3 Å². The molecule has 3 N–H and O–H groups in total. The topological polar surface area (TPSA) is 90.1 Å². The lowest BCUT2D eigenvalue weighted by atomic mass is 10.1. The largest absolute Gasteiger partial charge is 0.465 e. The van der Waals surface area contributed by atoms with Crippen LogP contribution in [0.1, 0.15) is 10.4 Å². The molecule has 1 aromatic heterocycles. The molecule has 0 atom stereocenters. The van der Waals surface area contributed by atoms with Crippen LogP contribution in [0, 0.1) is 0 Å². The maximum atomic E-state index is 11.4.